The van der Waals surface area contributed by atoms with Crippen LogP contribution in [0.15, 0.2) is 47.4 Å². The van der Waals surface area contributed by atoms with Gasteiger partial charge in [-0.1, -0.05) is 11.6 Å². The van der Waals surface area contributed by atoms with Crippen LogP contribution in [0.5, 0.6) is 0 Å². The summed E-state index contributed by atoms with van der Waals surface area (Å²) in [4.78, 5) is 19.8. The average molecular weight is 416 g/mol. The fourth-order valence-corrected chi connectivity index (χ4v) is 4.39. The molecule has 0 aliphatic heterocycles. The minimum absolute atomic E-state index is 0.135. The highest BCUT2D eigenvalue weighted by molar-refractivity contribution is 7.21. The second-order valence-corrected chi connectivity index (χ2v) is 8.48. The zero-order chi connectivity index (χ0) is 19.8. The second-order valence-electron chi connectivity index (χ2n) is 7.01. The molecule has 0 amide bonds. The molecule has 2 aromatic heterocycles. The van der Waals surface area contributed by atoms with E-state index in [2.05, 4.69) is 9.88 Å². The van der Waals surface area contributed by atoms with Crippen LogP contribution >= 0.6 is 22.9 Å². The van der Waals surface area contributed by atoms with Gasteiger partial charge < -0.3 is 9.47 Å². The molecule has 0 saturated carbocycles. The minimum Gasteiger partial charge on any atom is -0.346 e. The minimum atomic E-state index is -0.351. The van der Waals surface area contributed by atoms with Crippen LogP contribution in [0.1, 0.15) is 6.42 Å². The molecule has 0 aliphatic carbocycles. The largest absolute Gasteiger partial charge is 0.346 e. The van der Waals surface area contributed by atoms with Crippen molar-refractivity contribution < 1.29 is 4.39 Å². The maximum atomic E-state index is 13.9. The Kier molecular flexibility index (Phi) is 5.19. The highest BCUT2D eigenvalue weighted by Gasteiger charge is 2.15. The van der Waals surface area contributed by atoms with Gasteiger partial charge in [0.1, 0.15) is 10.8 Å². The maximum absolute atomic E-state index is 13.9. The number of nitrogens with zero attached hydrogens (tertiary/aromatic N) is 3. The average Bonchev–Trinajstić information content (AvgIpc) is 3.06. The molecule has 0 atom stereocenters. The SMILES string of the molecule is CN(C)CCCn1cc(-c2nc3cc(Cl)ccc3s2)c(=O)c2ccc(F)cc21. The van der Waals surface area contributed by atoms with Gasteiger partial charge in [-0.15, -0.1) is 11.3 Å². The molecule has 0 N–H and O–H groups in total. The van der Waals surface area contributed by atoms with Gasteiger partial charge in [-0.2, -0.15) is 0 Å². The summed E-state index contributed by atoms with van der Waals surface area (Å²) in [5, 5.41) is 1.76. The van der Waals surface area contributed by atoms with E-state index in [4.69, 9.17) is 11.6 Å². The number of hydrogen-bond acceptors (Lipinski definition) is 4. The molecule has 0 radical (unpaired) electrons. The Morgan fingerprint density at radius 1 is 1.21 bits per heavy atom. The monoisotopic (exact) mass is 415 g/mol. The smallest absolute Gasteiger partial charge is 0.199 e. The van der Waals surface area contributed by atoms with Crippen LogP contribution in [0.4, 0.5) is 4.39 Å². The lowest BCUT2D eigenvalue weighted by atomic mass is 10.1. The molecule has 2 heterocycles. The van der Waals surface area contributed by atoms with Crippen LogP contribution in [0.3, 0.4) is 0 Å². The first-order valence-corrected chi connectivity index (χ1v) is 10.2. The van der Waals surface area contributed by atoms with Gasteiger partial charge in [-0.3, -0.25) is 4.79 Å². The molecule has 7 heteroatoms. The Balaban J connectivity index is 1.88. The Morgan fingerprint density at radius 3 is 2.82 bits per heavy atom. The molecule has 4 rings (SSSR count). The van der Waals surface area contributed by atoms with Crippen molar-refractivity contribution >= 4 is 44.1 Å². The van der Waals surface area contributed by atoms with Crippen molar-refractivity contribution in [3.63, 3.8) is 0 Å². The number of aromatic nitrogens is 2. The van der Waals surface area contributed by atoms with Crippen molar-refractivity contribution in [3.8, 4) is 10.6 Å². The number of pyridine rings is 1. The van der Waals surface area contributed by atoms with Gasteiger partial charge >= 0.3 is 0 Å². The Labute approximate surface area is 170 Å². The lowest BCUT2D eigenvalue weighted by molar-refractivity contribution is 0.387. The maximum Gasteiger partial charge on any atom is 0.199 e. The van der Waals surface area contributed by atoms with E-state index in [1.54, 1.807) is 18.3 Å². The van der Waals surface area contributed by atoms with E-state index in [9.17, 15) is 9.18 Å². The van der Waals surface area contributed by atoms with E-state index in [-0.39, 0.29) is 11.2 Å². The van der Waals surface area contributed by atoms with E-state index in [0.717, 1.165) is 23.2 Å². The normalized spacial score (nSPS) is 11.8. The molecular formula is C21H19ClFN3OS. The molecule has 0 spiro atoms. The fourth-order valence-electron chi connectivity index (χ4n) is 3.27. The first-order chi connectivity index (χ1) is 13.4. The Bertz CT molecular complexity index is 1230. The summed E-state index contributed by atoms with van der Waals surface area (Å²) >= 11 is 7.52. The first kappa shape index (κ1) is 19.1. The zero-order valence-electron chi connectivity index (χ0n) is 15.6. The number of hydrogen-bond donors (Lipinski definition) is 0. The third-order valence-corrected chi connectivity index (χ3v) is 5.93. The van der Waals surface area contributed by atoms with E-state index in [1.807, 2.05) is 30.8 Å². The second kappa shape index (κ2) is 7.62. The summed E-state index contributed by atoms with van der Waals surface area (Å²) in [5.74, 6) is -0.351. The predicted octanol–water partition coefficient (Wildman–Crippen LogP) is 5.02. The molecule has 4 nitrogen and oxygen atoms in total. The molecule has 28 heavy (non-hydrogen) atoms. The third-order valence-electron chi connectivity index (χ3n) is 4.63. The first-order valence-electron chi connectivity index (χ1n) is 8.96. The third kappa shape index (κ3) is 3.68. The molecule has 0 unspecified atom stereocenters. The van der Waals surface area contributed by atoms with Gasteiger partial charge in [0.05, 0.1) is 21.3 Å². The predicted molar refractivity (Wildman–Crippen MR) is 115 cm³/mol. The topological polar surface area (TPSA) is 38.1 Å². The van der Waals surface area contributed by atoms with Crippen molar-refractivity contribution in [2.75, 3.05) is 20.6 Å². The number of halogens is 2. The van der Waals surface area contributed by atoms with E-state index < -0.39 is 0 Å². The summed E-state index contributed by atoms with van der Waals surface area (Å²) in [7, 11) is 4.03. The summed E-state index contributed by atoms with van der Waals surface area (Å²) in [6.45, 7) is 1.58. The van der Waals surface area contributed by atoms with Crippen molar-refractivity contribution in [1.82, 2.24) is 14.5 Å². The van der Waals surface area contributed by atoms with Gasteiger partial charge in [-0.05, 0) is 63.5 Å². The van der Waals surface area contributed by atoms with Crippen molar-refractivity contribution in [2.45, 2.75) is 13.0 Å². The van der Waals surface area contributed by atoms with Gasteiger partial charge in [0.2, 0.25) is 0 Å². The number of thiazole rings is 1. The van der Waals surface area contributed by atoms with Crippen molar-refractivity contribution in [1.29, 1.82) is 0 Å². The number of fused-ring (bicyclic) bond motifs is 2. The van der Waals surface area contributed by atoms with Crippen LogP contribution in [0.25, 0.3) is 31.7 Å². The standard InChI is InChI=1S/C21H19ClFN3OS/c1-25(2)8-3-9-26-12-16(20(27)15-6-5-14(23)11-18(15)26)21-24-17-10-13(22)4-7-19(17)28-21/h4-7,10-12H,3,8-9H2,1-2H3. The fraction of sp³-hybridized carbons (Fsp3) is 0.238. The summed E-state index contributed by atoms with van der Waals surface area (Å²) in [6.07, 6.45) is 2.69. The highest BCUT2D eigenvalue weighted by Crippen LogP contribution is 2.31. The summed E-state index contributed by atoms with van der Waals surface area (Å²) < 4.78 is 16.8. The van der Waals surface area contributed by atoms with E-state index in [0.29, 0.717) is 33.0 Å². The van der Waals surface area contributed by atoms with Gasteiger partial charge in [0, 0.05) is 23.2 Å². The molecule has 0 bridgehead atoms. The highest BCUT2D eigenvalue weighted by atomic mass is 35.5. The van der Waals surface area contributed by atoms with Crippen LogP contribution < -0.4 is 5.43 Å². The zero-order valence-corrected chi connectivity index (χ0v) is 17.1. The van der Waals surface area contributed by atoms with Gasteiger partial charge in [0.15, 0.2) is 5.43 Å². The van der Waals surface area contributed by atoms with E-state index in [1.165, 1.54) is 23.5 Å². The summed E-state index contributed by atoms with van der Waals surface area (Å²) in [6, 6.07) is 9.83. The molecule has 4 aromatic rings. The quantitative estimate of drug-likeness (QED) is 0.459. The van der Waals surface area contributed by atoms with E-state index >= 15 is 0 Å². The van der Waals surface area contributed by atoms with Crippen LogP contribution in [0, 0.1) is 5.82 Å². The number of aryl methyl sites for hydroxylation is 1. The molecular weight excluding hydrogens is 397 g/mol. The molecule has 144 valence electrons. The van der Waals surface area contributed by atoms with Crippen LogP contribution in [-0.2, 0) is 6.54 Å². The van der Waals surface area contributed by atoms with Crippen LogP contribution in [0.2, 0.25) is 5.02 Å². The number of benzene rings is 2. The summed E-state index contributed by atoms with van der Waals surface area (Å²) in [5.41, 5.74) is 1.77. The number of rotatable bonds is 5. The lowest BCUT2D eigenvalue weighted by Gasteiger charge is -2.15. The van der Waals surface area contributed by atoms with Crippen molar-refractivity contribution in [3.05, 3.63) is 63.7 Å². The lowest BCUT2D eigenvalue weighted by Crippen LogP contribution is -2.17. The Hall–Kier alpha value is -2.28. The molecule has 0 saturated heterocycles. The van der Waals surface area contributed by atoms with Crippen LogP contribution in [-0.4, -0.2) is 35.1 Å². The molecule has 2 aromatic carbocycles. The van der Waals surface area contributed by atoms with Gasteiger partial charge in [0.25, 0.3) is 0 Å². The molecule has 0 aliphatic rings. The van der Waals surface area contributed by atoms with Gasteiger partial charge in [-0.25, -0.2) is 9.37 Å². The van der Waals surface area contributed by atoms with Crippen molar-refractivity contribution in [2.24, 2.45) is 0 Å². The Morgan fingerprint density at radius 2 is 2.04 bits per heavy atom. The molecule has 0 fully saturated rings.